The zero-order valence-electron chi connectivity index (χ0n) is 19.6. The highest BCUT2D eigenvalue weighted by Crippen LogP contribution is 2.21. The van der Waals surface area contributed by atoms with E-state index < -0.39 is 0 Å². The van der Waals surface area contributed by atoms with Crippen LogP contribution in [-0.2, 0) is 28.6 Å². The quantitative estimate of drug-likeness (QED) is 0.102. The lowest BCUT2D eigenvalue weighted by molar-refractivity contribution is -0.147. The van der Waals surface area contributed by atoms with Crippen molar-refractivity contribution < 1.29 is 28.6 Å². The van der Waals surface area contributed by atoms with Gasteiger partial charge in [0.1, 0.15) is 0 Å². The van der Waals surface area contributed by atoms with E-state index in [9.17, 15) is 14.4 Å². The summed E-state index contributed by atoms with van der Waals surface area (Å²) in [6, 6.07) is 0. The highest BCUT2D eigenvalue weighted by Gasteiger charge is 2.21. The molecule has 0 aliphatic carbocycles. The maximum atomic E-state index is 12.5. The molecule has 0 heterocycles. The molecular weight excluding hydrogens is 489 g/mol. The van der Waals surface area contributed by atoms with Crippen molar-refractivity contribution in [2.24, 2.45) is 5.92 Å². The molecule has 0 radical (unpaired) electrons. The largest absolute Gasteiger partial charge is 0.466 e. The number of carbonyl (C=O) groups excluding carboxylic acids is 3. The molecule has 6 nitrogen and oxygen atoms in total. The van der Waals surface area contributed by atoms with Crippen LogP contribution in [0.25, 0.3) is 0 Å². The van der Waals surface area contributed by atoms with E-state index in [1.165, 1.54) is 0 Å². The van der Waals surface area contributed by atoms with Gasteiger partial charge in [0.25, 0.3) is 0 Å². The van der Waals surface area contributed by atoms with Crippen molar-refractivity contribution in [1.82, 2.24) is 0 Å². The van der Waals surface area contributed by atoms with Crippen LogP contribution >= 0.6 is 48.8 Å². The van der Waals surface area contributed by atoms with Crippen LogP contribution in [0.3, 0.4) is 0 Å². The van der Waals surface area contributed by atoms with Crippen molar-refractivity contribution >= 4 is 66.7 Å². The highest BCUT2D eigenvalue weighted by molar-refractivity contribution is 8.00. The minimum atomic E-state index is -0.225. The molecule has 188 valence electrons. The van der Waals surface area contributed by atoms with E-state index in [2.05, 4.69) is 32.2 Å². The Morgan fingerprint density at radius 2 is 1.25 bits per heavy atom. The van der Waals surface area contributed by atoms with Crippen LogP contribution in [-0.4, -0.2) is 71.2 Å². The number of esters is 3. The molecule has 0 fully saturated rings. The third-order valence-corrected chi connectivity index (χ3v) is 7.53. The topological polar surface area (TPSA) is 78.9 Å². The third-order valence-electron chi connectivity index (χ3n) is 4.32. The van der Waals surface area contributed by atoms with E-state index >= 15 is 0 Å². The summed E-state index contributed by atoms with van der Waals surface area (Å²) in [6.45, 7) is 6.85. The Kier molecular flexibility index (Phi) is 21.2. The van der Waals surface area contributed by atoms with E-state index in [1.807, 2.05) is 0 Å². The first kappa shape index (κ1) is 31.8. The first-order valence-electron chi connectivity index (χ1n) is 11.3. The summed E-state index contributed by atoms with van der Waals surface area (Å²) < 4.78 is 15.3. The molecule has 0 N–H and O–H groups in total. The Morgan fingerprint density at radius 3 is 1.66 bits per heavy atom. The summed E-state index contributed by atoms with van der Waals surface area (Å²) in [5.74, 6) is 2.18. The standard InChI is InChI=1S/C22H40O6S4/c1-4-7-10-28-22(25)17(15-31-11-8-18(29)13-20(23)26-5-2)16-32-12-9-19(30)14-21(24)27-6-3/h17-19,29-30H,4-16H2,1-3H3. The number of ether oxygens (including phenoxy) is 3. The lowest BCUT2D eigenvalue weighted by Crippen LogP contribution is -2.23. The second-order valence-corrected chi connectivity index (χ2v) is 11.0. The summed E-state index contributed by atoms with van der Waals surface area (Å²) in [6.07, 6.45) is 3.98. The van der Waals surface area contributed by atoms with Crippen molar-refractivity contribution in [3.63, 3.8) is 0 Å². The van der Waals surface area contributed by atoms with Gasteiger partial charge in [-0.05, 0) is 44.6 Å². The molecule has 0 saturated carbocycles. The first-order valence-corrected chi connectivity index (χ1v) is 14.7. The molecule has 2 unspecified atom stereocenters. The fourth-order valence-electron chi connectivity index (χ4n) is 2.54. The molecule has 0 aliphatic heterocycles. The lowest BCUT2D eigenvalue weighted by Gasteiger charge is -2.17. The first-order chi connectivity index (χ1) is 15.3. The summed E-state index contributed by atoms with van der Waals surface area (Å²) >= 11 is 12.3. The molecule has 0 aliphatic rings. The van der Waals surface area contributed by atoms with Gasteiger partial charge in [0.15, 0.2) is 0 Å². The number of rotatable bonds is 20. The maximum absolute atomic E-state index is 12.5. The van der Waals surface area contributed by atoms with Gasteiger partial charge in [-0.1, -0.05) is 13.3 Å². The second-order valence-electron chi connectivity index (χ2n) is 7.27. The second kappa shape index (κ2) is 21.4. The molecule has 0 spiro atoms. The van der Waals surface area contributed by atoms with Crippen molar-refractivity contribution in [1.29, 1.82) is 0 Å². The Balaban J connectivity index is 4.34. The number of carbonyl (C=O) groups is 3. The Bertz CT molecular complexity index is 487. The van der Waals surface area contributed by atoms with Gasteiger partial charge in [0.2, 0.25) is 0 Å². The van der Waals surface area contributed by atoms with Crippen molar-refractivity contribution in [3.8, 4) is 0 Å². The third kappa shape index (κ3) is 18.3. The molecule has 10 heteroatoms. The predicted octanol–water partition coefficient (Wildman–Crippen LogP) is 4.70. The Labute approximate surface area is 213 Å². The molecule has 2 atom stereocenters. The maximum Gasteiger partial charge on any atom is 0.310 e. The van der Waals surface area contributed by atoms with Crippen LogP contribution in [0, 0.1) is 5.92 Å². The van der Waals surface area contributed by atoms with Gasteiger partial charge in [-0.2, -0.15) is 48.8 Å². The molecule has 0 aromatic carbocycles. The smallest absolute Gasteiger partial charge is 0.310 e. The van der Waals surface area contributed by atoms with Gasteiger partial charge >= 0.3 is 17.9 Å². The molecule has 0 amide bonds. The normalized spacial score (nSPS) is 13.8. The minimum absolute atomic E-state index is 0.0439. The lowest BCUT2D eigenvalue weighted by atomic mass is 10.2. The minimum Gasteiger partial charge on any atom is -0.466 e. The Hall–Kier alpha value is -0.190. The molecular formula is C22H40O6S4. The van der Waals surface area contributed by atoms with Crippen molar-refractivity contribution in [2.45, 2.75) is 69.8 Å². The molecule has 0 aromatic heterocycles. The number of hydrogen-bond acceptors (Lipinski definition) is 10. The van der Waals surface area contributed by atoms with Gasteiger partial charge in [0.05, 0.1) is 38.6 Å². The van der Waals surface area contributed by atoms with Crippen molar-refractivity contribution in [2.75, 3.05) is 42.8 Å². The Morgan fingerprint density at radius 1 is 0.781 bits per heavy atom. The molecule has 0 bridgehead atoms. The zero-order chi connectivity index (χ0) is 24.2. The summed E-state index contributed by atoms with van der Waals surface area (Å²) in [7, 11) is 0. The zero-order valence-corrected chi connectivity index (χ0v) is 23.0. The van der Waals surface area contributed by atoms with E-state index in [1.54, 1.807) is 37.4 Å². The van der Waals surface area contributed by atoms with Crippen LogP contribution in [0.2, 0.25) is 0 Å². The van der Waals surface area contributed by atoms with Crippen LogP contribution in [0.5, 0.6) is 0 Å². The van der Waals surface area contributed by atoms with E-state index in [-0.39, 0.29) is 34.3 Å². The van der Waals surface area contributed by atoms with Crippen LogP contribution < -0.4 is 0 Å². The van der Waals surface area contributed by atoms with Gasteiger partial charge in [-0.25, -0.2) is 0 Å². The molecule has 32 heavy (non-hydrogen) atoms. The van der Waals surface area contributed by atoms with Gasteiger partial charge in [0, 0.05) is 22.0 Å². The molecule has 0 rings (SSSR count). The van der Waals surface area contributed by atoms with E-state index in [0.717, 1.165) is 37.2 Å². The fraction of sp³-hybridized carbons (Fsp3) is 0.864. The van der Waals surface area contributed by atoms with Gasteiger partial charge < -0.3 is 14.2 Å². The molecule has 0 aromatic rings. The average Bonchev–Trinajstić information content (AvgIpc) is 2.72. The number of hydrogen-bond donors (Lipinski definition) is 2. The summed E-state index contributed by atoms with van der Waals surface area (Å²) in [4.78, 5) is 35.6. The highest BCUT2D eigenvalue weighted by atomic mass is 32.2. The van der Waals surface area contributed by atoms with Crippen molar-refractivity contribution in [3.05, 3.63) is 0 Å². The number of thiol groups is 2. The van der Waals surface area contributed by atoms with Gasteiger partial charge in [-0.15, -0.1) is 0 Å². The van der Waals surface area contributed by atoms with Crippen LogP contribution in [0.4, 0.5) is 0 Å². The van der Waals surface area contributed by atoms with Crippen LogP contribution in [0.1, 0.15) is 59.3 Å². The average molecular weight is 529 g/mol. The summed E-state index contributed by atoms with van der Waals surface area (Å²) in [5, 5.41) is -0.0878. The van der Waals surface area contributed by atoms with E-state index in [0.29, 0.717) is 44.2 Å². The fourth-order valence-corrected chi connectivity index (χ4v) is 5.91. The van der Waals surface area contributed by atoms with Crippen LogP contribution in [0.15, 0.2) is 0 Å². The van der Waals surface area contributed by atoms with E-state index in [4.69, 9.17) is 14.2 Å². The summed E-state index contributed by atoms with van der Waals surface area (Å²) in [5.41, 5.74) is 0. The predicted molar refractivity (Wildman–Crippen MR) is 141 cm³/mol. The number of thioether (sulfide) groups is 2. The van der Waals surface area contributed by atoms with Gasteiger partial charge in [-0.3, -0.25) is 14.4 Å². The monoisotopic (exact) mass is 528 g/mol. The number of unbranched alkanes of at least 4 members (excludes halogenated alkanes) is 1. The molecule has 0 saturated heterocycles. The SMILES string of the molecule is CCCCOC(=O)C(CSCCC(S)CC(=O)OCC)CSCCC(S)CC(=O)OCC.